The fraction of sp³-hybridized carbons (Fsp3) is 0.625. The first kappa shape index (κ1) is 20.1. The largest absolute Gasteiger partial charge is 0.418 e. The Morgan fingerprint density at radius 3 is 1.74 bits per heavy atom. The monoisotopic (exact) mass is 354 g/mol. The standard InChI is InChI=1S/C16H23F5OSi/c1-4-22-23(2,3)10-8-6-5-7-9-11-12(17)14(19)16(21)15(20)13(11)18/h4-10H2,1-3H3. The Labute approximate surface area is 135 Å². The van der Waals surface area contributed by atoms with Crippen LogP contribution in [-0.4, -0.2) is 14.9 Å². The second kappa shape index (κ2) is 8.77. The van der Waals surface area contributed by atoms with Crippen molar-refractivity contribution in [1.82, 2.24) is 0 Å². The molecule has 1 aromatic carbocycles. The molecule has 0 unspecified atom stereocenters. The Morgan fingerprint density at radius 1 is 0.739 bits per heavy atom. The van der Waals surface area contributed by atoms with Crippen LogP contribution in [0.3, 0.4) is 0 Å². The Kier molecular flexibility index (Phi) is 7.67. The number of benzene rings is 1. The van der Waals surface area contributed by atoms with Crippen LogP contribution in [0, 0.1) is 29.1 Å². The van der Waals surface area contributed by atoms with Gasteiger partial charge in [0.25, 0.3) is 0 Å². The average molecular weight is 354 g/mol. The molecule has 1 nitrogen and oxygen atoms in total. The molecule has 0 aromatic heterocycles. The van der Waals surface area contributed by atoms with Gasteiger partial charge in [-0.25, -0.2) is 22.0 Å². The van der Waals surface area contributed by atoms with E-state index >= 15 is 0 Å². The van der Waals surface area contributed by atoms with Crippen LogP contribution in [0.1, 0.15) is 38.2 Å². The van der Waals surface area contributed by atoms with E-state index in [0.717, 1.165) is 18.9 Å². The van der Waals surface area contributed by atoms with Crippen LogP contribution < -0.4 is 0 Å². The van der Waals surface area contributed by atoms with Crippen molar-refractivity contribution in [2.75, 3.05) is 6.61 Å². The molecular formula is C16H23F5OSi. The average Bonchev–Trinajstić information content (AvgIpc) is 2.49. The van der Waals surface area contributed by atoms with Crippen molar-refractivity contribution in [2.45, 2.75) is 58.2 Å². The first-order valence-corrected chi connectivity index (χ1v) is 11.0. The zero-order chi connectivity index (χ0) is 17.6. The maximum Gasteiger partial charge on any atom is 0.200 e. The van der Waals surface area contributed by atoms with E-state index in [1.165, 1.54) is 0 Å². The molecule has 0 radical (unpaired) electrons. The molecule has 0 spiro atoms. The Hall–Kier alpha value is -0.953. The minimum Gasteiger partial charge on any atom is -0.418 e. The topological polar surface area (TPSA) is 9.23 Å². The summed E-state index contributed by atoms with van der Waals surface area (Å²) in [6.45, 7) is 6.91. The molecule has 0 amide bonds. The number of rotatable bonds is 9. The molecule has 1 aromatic rings. The molecule has 0 aliphatic rings. The van der Waals surface area contributed by atoms with Crippen LogP contribution in [0.15, 0.2) is 0 Å². The number of hydrogen-bond acceptors (Lipinski definition) is 1. The van der Waals surface area contributed by atoms with Crippen molar-refractivity contribution in [1.29, 1.82) is 0 Å². The zero-order valence-electron chi connectivity index (χ0n) is 13.7. The van der Waals surface area contributed by atoms with E-state index in [-0.39, 0.29) is 6.42 Å². The van der Waals surface area contributed by atoms with Crippen LogP contribution in [-0.2, 0) is 10.8 Å². The second-order valence-electron chi connectivity index (χ2n) is 6.16. The van der Waals surface area contributed by atoms with Crippen LogP contribution in [0.2, 0.25) is 19.1 Å². The van der Waals surface area contributed by atoms with E-state index in [0.29, 0.717) is 19.4 Å². The van der Waals surface area contributed by atoms with Crippen molar-refractivity contribution >= 4 is 8.32 Å². The summed E-state index contributed by atoms with van der Waals surface area (Å²) in [5.41, 5.74) is -0.717. The summed E-state index contributed by atoms with van der Waals surface area (Å²) in [6, 6.07) is 0.989. The lowest BCUT2D eigenvalue weighted by Gasteiger charge is -2.21. The summed E-state index contributed by atoms with van der Waals surface area (Å²) < 4.78 is 71.7. The SMILES string of the molecule is CCO[Si](C)(C)CCCCCCc1c(F)c(F)c(F)c(F)c1F. The number of hydrogen-bond donors (Lipinski definition) is 0. The Morgan fingerprint density at radius 2 is 1.22 bits per heavy atom. The molecule has 0 N–H and O–H groups in total. The molecule has 0 bridgehead atoms. The van der Waals surface area contributed by atoms with Gasteiger partial charge >= 0.3 is 0 Å². The van der Waals surface area contributed by atoms with Crippen LogP contribution >= 0.6 is 0 Å². The lowest BCUT2D eigenvalue weighted by atomic mass is 10.0. The molecule has 0 heterocycles. The van der Waals surface area contributed by atoms with Gasteiger partial charge < -0.3 is 4.43 Å². The Balaban J connectivity index is 2.46. The molecule has 0 aliphatic heterocycles. The van der Waals surface area contributed by atoms with Gasteiger partial charge in [0.1, 0.15) is 0 Å². The predicted octanol–water partition coefficient (Wildman–Crippen LogP) is 5.73. The molecule has 0 saturated heterocycles. The predicted molar refractivity (Wildman–Crippen MR) is 82.3 cm³/mol. The maximum absolute atomic E-state index is 13.5. The van der Waals surface area contributed by atoms with Gasteiger partial charge in [0.05, 0.1) is 0 Å². The third-order valence-corrected chi connectivity index (χ3v) is 6.42. The molecular weight excluding hydrogens is 331 g/mol. The molecule has 0 aliphatic carbocycles. The van der Waals surface area contributed by atoms with E-state index in [4.69, 9.17) is 4.43 Å². The molecule has 132 valence electrons. The molecule has 1 rings (SSSR count). The quantitative estimate of drug-likeness (QED) is 0.181. The molecule has 23 heavy (non-hydrogen) atoms. The van der Waals surface area contributed by atoms with E-state index in [1.54, 1.807) is 0 Å². The fourth-order valence-electron chi connectivity index (χ4n) is 2.54. The Bertz CT molecular complexity index is 505. The zero-order valence-corrected chi connectivity index (χ0v) is 14.7. The third-order valence-electron chi connectivity index (χ3n) is 3.79. The second-order valence-corrected chi connectivity index (χ2v) is 10.5. The van der Waals surface area contributed by atoms with Gasteiger partial charge in [0.15, 0.2) is 31.6 Å². The molecule has 0 atom stereocenters. The maximum atomic E-state index is 13.5. The molecule has 7 heteroatoms. The highest BCUT2D eigenvalue weighted by Crippen LogP contribution is 2.25. The molecule has 0 fully saturated rings. The van der Waals surface area contributed by atoms with E-state index in [9.17, 15) is 22.0 Å². The van der Waals surface area contributed by atoms with Gasteiger partial charge in [-0.3, -0.25) is 0 Å². The number of halogens is 5. The lowest BCUT2D eigenvalue weighted by molar-refractivity contribution is 0.327. The van der Waals surface area contributed by atoms with E-state index < -0.39 is 43.0 Å². The minimum absolute atomic E-state index is 0.155. The summed E-state index contributed by atoms with van der Waals surface area (Å²) in [4.78, 5) is 0. The van der Waals surface area contributed by atoms with Crippen LogP contribution in [0.4, 0.5) is 22.0 Å². The van der Waals surface area contributed by atoms with Crippen molar-refractivity contribution in [3.8, 4) is 0 Å². The van der Waals surface area contributed by atoms with Gasteiger partial charge in [0, 0.05) is 12.2 Å². The van der Waals surface area contributed by atoms with Gasteiger partial charge in [-0.05, 0) is 38.9 Å². The summed E-state index contributed by atoms with van der Waals surface area (Å²) in [5, 5.41) is 0. The minimum atomic E-state index is -2.10. The summed E-state index contributed by atoms with van der Waals surface area (Å²) in [6.07, 6.45) is 2.69. The van der Waals surface area contributed by atoms with Crippen molar-refractivity contribution in [3.05, 3.63) is 34.6 Å². The molecule has 0 saturated carbocycles. The summed E-state index contributed by atoms with van der Waals surface area (Å²) in [7, 11) is -1.63. The lowest BCUT2D eigenvalue weighted by Crippen LogP contribution is -2.29. The first-order chi connectivity index (χ1) is 10.7. The van der Waals surface area contributed by atoms with E-state index in [1.807, 2.05) is 6.92 Å². The van der Waals surface area contributed by atoms with Gasteiger partial charge in [-0.2, -0.15) is 0 Å². The highest BCUT2D eigenvalue weighted by Gasteiger charge is 2.25. The van der Waals surface area contributed by atoms with Crippen LogP contribution in [0.5, 0.6) is 0 Å². The van der Waals surface area contributed by atoms with Gasteiger partial charge in [0.2, 0.25) is 5.82 Å². The first-order valence-electron chi connectivity index (χ1n) is 7.85. The highest BCUT2D eigenvalue weighted by atomic mass is 28.4. The smallest absolute Gasteiger partial charge is 0.200 e. The van der Waals surface area contributed by atoms with Crippen molar-refractivity contribution in [2.24, 2.45) is 0 Å². The van der Waals surface area contributed by atoms with Gasteiger partial charge in [-0.1, -0.05) is 19.3 Å². The normalized spacial score (nSPS) is 12.0. The third kappa shape index (κ3) is 5.56. The van der Waals surface area contributed by atoms with Crippen molar-refractivity contribution < 1.29 is 26.4 Å². The highest BCUT2D eigenvalue weighted by molar-refractivity contribution is 6.71. The van der Waals surface area contributed by atoms with Crippen LogP contribution in [0.25, 0.3) is 0 Å². The number of unbranched alkanes of at least 4 members (excludes halogenated alkanes) is 3. The van der Waals surface area contributed by atoms with Crippen molar-refractivity contribution in [3.63, 3.8) is 0 Å². The van der Waals surface area contributed by atoms with E-state index in [2.05, 4.69) is 13.1 Å². The van der Waals surface area contributed by atoms with Gasteiger partial charge in [-0.15, -0.1) is 0 Å². The summed E-state index contributed by atoms with van der Waals surface area (Å²) >= 11 is 0. The fourth-order valence-corrected chi connectivity index (χ4v) is 4.57. The summed E-state index contributed by atoms with van der Waals surface area (Å²) in [5.74, 6) is -9.28.